The third kappa shape index (κ3) is 4.77. The zero-order chi connectivity index (χ0) is 24.0. The van der Waals surface area contributed by atoms with E-state index in [-0.39, 0.29) is 40.1 Å². The summed E-state index contributed by atoms with van der Waals surface area (Å²) in [7, 11) is -3.94. The first-order valence-corrected chi connectivity index (χ1v) is 11.7. The van der Waals surface area contributed by atoms with Crippen molar-refractivity contribution in [1.82, 2.24) is 14.3 Å². The zero-order valence-electron chi connectivity index (χ0n) is 16.9. The number of alkyl halides is 3. The summed E-state index contributed by atoms with van der Waals surface area (Å²) in [5.74, 6) is -1.19. The highest BCUT2D eigenvalue weighted by atomic mass is 35.5. The molecule has 0 spiro atoms. The fraction of sp³-hybridized carbons (Fsp3) is 0.286. The molecule has 3 aromatic rings. The second kappa shape index (κ2) is 8.71. The molecule has 0 amide bonds. The largest absolute Gasteiger partial charge is 0.419 e. The van der Waals surface area contributed by atoms with Gasteiger partial charge in [-0.25, -0.2) is 17.8 Å². The lowest BCUT2D eigenvalue weighted by molar-refractivity contribution is -0.139. The monoisotopic (exact) mass is 503 g/mol. The van der Waals surface area contributed by atoms with Crippen LogP contribution in [0, 0.1) is 5.82 Å². The van der Waals surface area contributed by atoms with Crippen LogP contribution in [0.3, 0.4) is 0 Å². The standard InChI is InChI=1S/C21H18ClF4N3O3S/c22-16-3-1-13(10-19(16)33(31,32)29-7-5-14(30)6-8-29)20-27-11-18(28-20)12-2-4-17(23)15(9-12)21(24,25)26/h1-4,9-11,14,30H,5-8H2,(H,27,28). The van der Waals surface area contributed by atoms with Crippen LogP contribution in [0.2, 0.25) is 5.02 Å². The molecule has 4 rings (SSSR count). The normalized spacial score (nSPS) is 16.3. The van der Waals surface area contributed by atoms with Crippen LogP contribution in [0.5, 0.6) is 0 Å². The number of sulfonamides is 1. The van der Waals surface area contributed by atoms with Crippen LogP contribution in [0.4, 0.5) is 17.6 Å². The quantitative estimate of drug-likeness (QED) is 0.505. The van der Waals surface area contributed by atoms with Crippen LogP contribution in [0.25, 0.3) is 22.6 Å². The van der Waals surface area contributed by atoms with Crippen molar-refractivity contribution in [3.63, 3.8) is 0 Å². The van der Waals surface area contributed by atoms with E-state index in [4.69, 9.17) is 11.6 Å². The Bertz CT molecular complexity index is 1290. The maximum atomic E-state index is 13.6. The van der Waals surface area contributed by atoms with Crippen molar-refractivity contribution in [2.75, 3.05) is 13.1 Å². The first-order valence-electron chi connectivity index (χ1n) is 9.87. The Morgan fingerprint density at radius 1 is 1.09 bits per heavy atom. The molecule has 0 atom stereocenters. The number of hydrogen-bond donors (Lipinski definition) is 2. The predicted octanol–water partition coefficient (Wildman–Crippen LogP) is 4.70. The molecule has 1 aromatic heterocycles. The van der Waals surface area contributed by atoms with E-state index in [1.807, 2.05) is 0 Å². The molecule has 176 valence electrons. The highest BCUT2D eigenvalue weighted by Gasteiger charge is 2.34. The molecule has 0 unspecified atom stereocenters. The highest BCUT2D eigenvalue weighted by molar-refractivity contribution is 7.89. The number of aliphatic hydroxyl groups excluding tert-OH is 1. The Labute approximate surface area is 191 Å². The van der Waals surface area contributed by atoms with Gasteiger partial charge in [0.25, 0.3) is 0 Å². The van der Waals surface area contributed by atoms with Gasteiger partial charge in [-0.3, -0.25) is 0 Å². The lowest BCUT2D eigenvalue weighted by atomic mass is 10.1. The smallest absolute Gasteiger partial charge is 0.393 e. The van der Waals surface area contributed by atoms with E-state index in [1.165, 1.54) is 34.8 Å². The van der Waals surface area contributed by atoms with Crippen molar-refractivity contribution in [2.24, 2.45) is 0 Å². The van der Waals surface area contributed by atoms with Crippen LogP contribution in [-0.4, -0.2) is 47.0 Å². The van der Waals surface area contributed by atoms with Crippen molar-refractivity contribution >= 4 is 21.6 Å². The SMILES string of the molecule is O=S(=O)(c1cc(-c2nc(-c3ccc(F)c(C(F)(F)F)c3)c[nH]2)ccc1Cl)N1CCC(O)CC1. The molecule has 6 nitrogen and oxygen atoms in total. The Kier molecular flexibility index (Phi) is 6.25. The Morgan fingerprint density at radius 3 is 2.42 bits per heavy atom. The van der Waals surface area contributed by atoms with Crippen LogP contribution in [0.15, 0.2) is 47.5 Å². The van der Waals surface area contributed by atoms with Gasteiger partial charge in [0, 0.05) is 30.4 Å². The average Bonchev–Trinajstić information content (AvgIpc) is 3.24. The number of H-pyrrole nitrogens is 1. The molecule has 12 heteroatoms. The van der Waals surface area contributed by atoms with Gasteiger partial charge in [-0.2, -0.15) is 17.5 Å². The second-order valence-electron chi connectivity index (χ2n) is 7.61. The highest BCUT2D eigenvalue weighted by Crippen LogP contribution is 2.35. The maximum Gasteiger partial charge on any atom is 0.419 e. The number of nitrogens with one attached hydrogen (secondary N) is 1. The van der Waals surface area contributed by atoms with Crippen molar-refractivity contribution in [2.45, 2.75) is 30.0 Å². The summed E-state index contributed by atoms with van der Waals surface area (Å²) in [5, 5.41) is 9.65. The van der Waals surface area contributed by atoms with E-state index in [9.17, 15) is 31.1 Å². The van der Waals surface area contributed by atoms with Crippen LogP contribution in [0.1, 0.15) is 18.4 Å². The third-order valence-corrected chi connectivity index (χ3v) is 7.77. The number of aromatic amines is 1. The average molecular weight is 504 g/mol. The van der Waals surface area contributed by atoms with Gasteiger partial charge in [0.15, 0.2) is 0 Å². The van der Waals surface area contributed by atoms with E-state index < -0.39 is 33.7 Å². The maximum absolute atomic E-state index is 13.6. The van der Waals surface area contributed by atoms with Gasteiger partial charge >= 0.3 is 6.18 Å². The molecule has 0 bridgehead atoms. The van der Waals surface area contributed by atoms with Gasteiger partial charge in [0.05, 0.1) is 22.4 Å². The fourth-order valence-corrected chi connectivity index (χ4v) is 5.56. The zero-order valence-corrected chi connectivity index (χ0v) is 18.5. The lowest BCUT2D eigenvalue weighted by Crippen LogP contribution is -2.40. The van der Waals surface area contributed by atoms with Gasteiger partial charge in [0.2, 0.25) is 10.0 Å². The molecule has 2 heterocycles. The van der Waals surface area contributed by atoms with E-state index in [0.29, 0.717) is 24.5 Å². The number of rotatable bonds is 4. The van der Waals surface area contributed by atoms with Gasteiger partial charge in [-0.05, 0) is 49.2 Å². The molecule has 0 saturated carbocycles. The van der Waals surface area contributed by atoms with Crippen molar-refractivity contribution < 1.29 is 31.1 Å². The Balaban J connectivity index is 1.67. The number of hydrogen-bond acceptors (Lipinski definition) is 4. The second-order valence-corrected chi connectivity index (χ2v) is 9.92. The molecule has 1 fully saturated rings. The number of aliphatic hydroxyl groups is 1. The van der Waals surface area contributed by atoms with Crippen molar-refractivity contribution in [1.29, 1.82) is 0 Å². The minimum Gasteiger partial charge on any atom is -0.393 e. The van der Waals surface area contributed by atoms with E-state index in [1.54, 1.807) is 0 Å². The summed E-state index contributed by atoms with van der Waals surface area (Å²) in [6, 6.07) is 6.80. The molecule has 0 radical (unpaired) electrons. The number of nitrogens with zero attached hydrogens (tertiary/aromatic N) is 2. The van der Waals surface area contributed by atoms with E-state index in [2.05, 4.69) is 9.97 Å². The molecular weight excluding hydrogens is 486 g/mol. The van der Waals surface area contributed by atoms with Gasteiger partial charge in [-0.1, -0.05) is 11.6 Å². The number of benzene rings is 2. The molecule has 0 aliphatic carbocycles. The lowest BCUT2D eigenvalue weighted by Gasteiger charge is -2.29. The topological polar surface area (TPSA) is 86.3 Å². The Morgan fingerprint density at radius 2 is 1.76 bits per heavy atom. The Hall–Kier alpha value is -2.47. The number of imidazole rings is 1. The summed E-state index contributed by atoms with van der Waals surface area (Å²) in [5.41, 5.74) is -0.893. The first-order chi connectivity index (χ1) is 15.5. The molecule has 1 aliphatic rings. The minimum atomic E-state index is -4.86. The molecule has 2 aromatic carbocycles. The molecule has 2 N–H and O–H groups in total. The van der Waals surface area contributed by atoms with Crippen molar-refractivity contribution in [3.05, 3.63) is 59.0 Å². The van der Waals surface area contributed by atoms with E-state index >= 15 is 0 Å². The molecule has 1 aliphatic heterocycles. The van der Waals surface area contributed by atoms with Crippen LogP contribution >= 0.6 is 11.6 Å². The fourth-order valence-electron chi connectivity index (χ4n) is 3.59. The number of aromatic nitrogens is 2. The summed E-state index contributed by atoms with van der Waals surface area (Å²) in [4.78, 5) is 6.91. The predicted molar refractivity (Wildman–Crippen MR) is 113 cm³/mol. The van der Waals surface area contributed by atoms with Gasteiger partial charge in [0.1, 0.15) is 16.5 Å². The van der Waals surface area contributed by atoms with Crippen LogP contribution < -0.4 is 0 Å². The van der Waals surface area contributed by atoms with E-state index in [0.717, 1.165) is 6.07 Å². The number of piperidine rings is 1. The van der Waals surface area contributed by atoms with Gasteiger partial charge < -0.3 is 10.1 Å². The van der Waals surface area contributed by atoms with Gasteiger partial charge in [-0.15, -0.1) is 0 Å². The summed E-state index contributed by atoms with van der Waals surface area (Å²) < 4.78 is 80.1. The summed E-state index contributed by atoms with van der Waals surface area (Å²) in [6.45, 7) is 0.308. The molecule has 1 saturated heterocycles. The molecule has 33 heavy (non-hydrogen) atoms. The minimum absolute atomic E-state index is 0.00463. The number of halogens is 5. The van der Waals surface area contributed by atoms with Crippen molar-refractivity contribution in [3.8, 4) is 22.6 Å². The third-order valence-electron chi connectivity index (χ3n) is 5.39. The summed E-state index contributed by atoms with van der Waals surface area (Å²) >= 11 is 6.16. The molecular formula is C21H18ClF4N3O3S. The first kappa shape index (κ1) is 23.7. The summed E-state index contributed by atoms with van der Waals surface area (Å²) in [6.07, 6.45) is -3.43. The van der Waals surface area contributed by atoms with Crippen LogP contribution in [-0.2, 0) is 16.2 Å².